The Balaban J connectivity index is 1.70. The van der Waals surface area contributed by atoms with Gasteiger partial charge in [0.15, 0.2) is 0 Å². The summed E-state index contributed by atoms with van der Waals surface area (Å²) in [6, 6.07) is 11.4. The van der Waals surface area contributed by atoms with Crippen LogP contribution in [0.4, 0.5) is 0 Å². The molecule has 1 aliphatic rings. The second-order valence-electron chi connectivity index (χ2n) is 16.3. The molecule has 20 heteroatoms. The highest BCUT2D eigenvalue weighted by molar-refractivity contribution is 7.53. The SMILES string of the molecule is CC(C)CC(NC(=O)C(Cc1ccccc1)OP(=O)(O)C(C)NC(=O)[C@H](CC(C)C)NC(=O)[C@H](CO)NC(=O)CNC(=O)[C@@H](N)Cc1ccccc1)C(=O)N1CCCC1C(=O)O. The van der Waals surface area contributed by atoms with E-state index in [1.807, 2.05) is 19.9 Å². The molecule has 5 unspecified atom stereocenters. The lowest BCUT2D eigenvalue weighted by atomic mass is 10.0. The van der Waals surface area contributed by atoms with E-state index in [0.717, 1.165) is 5.56 Å². The molecule has 1 heterocycles. The maximum Gasteiger partial charge on any atom is 0.350 e. The molecule has 1 saturated heterocycles. The zero-order chi connectivity index (χ0) is 46.1. The highest BCUT2D eigenvalue weighted by Gasteiger charge is 2.41. The molecule has 0 aromatic heterocycles. The Bertz CT molecular complexity index is 1890. The first-order chi connectivity index (χ1) is 29.2. The summed E-state index contributed by atoms with van der Waals surface area (Å²) in [6.07, 6.45) is -0.776. The third kappa shape index (κ3) is 16.2. The number of nitrogens with one attached hydrogen (secondary N) is 5. The second-order valence-corrected chi connectivity index (χ2v) is 18.4. The quantitative estimate of drug-likeness (QED) is 0.0653. The van der Waals surface area contributed by atoms with Crippen molar-refractivity contribution in [2.45, 2.75) is 115 Å². The van der Waals surface area contributed by atoms with Crippen LogP contribution in [0.2, 0.25) is 0 Å². The van der Waals surface area contributed by atoms with Gasteiger partial charge in [-0.2, -0.15) is 0 Å². The number of likely N-dealkylation sites (tertiary alicyclic amines) is 1. The Kier molecular flexibility index (Phi) is 20.2. The van der Waals surface area contributed by atoms with Gasteiger partial charge in [0.05, 0.1) is 19.2 Å². The third-order valence-electron chi connectivity index (χ3n) is 10.1. The van der Waals surface area contributed by atoms with Gasteiger partial charge in [-0.25, -0.2) is 4.79 Å². The molecule has 1 aliphatic heterocycles. The smallest absolute Gasteiger partial charge is 0.350 e. The Morgan fingerprint density at radius 2 is 1.29 bits per heavy atom. The van der Waals surface area contributed by atoms with Crippen molar-refractivity contribution in [1.82, 2.24) is 31.5 Å². The molecule has 2 aromatic rings. The third-order valence-corrected chi connectivity index (χ3v) is 11.7. The van der Waals surface area contributed by atoms with Crippen molar-refractivity contribution in [3.63, 3.8) is 0 Å². The number of aliphatic hydroxyl groups excluding tert-OH is 1. The summed E-state index contributed by atoms with van der Waals surface area (Å²) in [5, 5.41) is 31.8. The van der Waals surface area contributed by atoms with Crippen LogP contribution in [-0.2, 0) is 55.5 Å². The van der Waals surface area contributed by atoms with E-state index in [-0.39, 0.29) is 50.5 Å². The number of nitrogens with two attached hydrogens (primary N) is 1. The second kappa shape index (κ2) is 24.4. The van der Waals surface area contributed by atoms with Crippen LogP contribution in [0.3, 0.4) is 0 Å². The average molecular weight is 888 g/mol. The first-order valence-corrected chi connectivity index (χ1v) is 22.3. The van der Waals surface area contributed by atoms with Gasteiger partial charge in [-0.15, -0.1) is 0 Å². The standard InChI is InChI=1S/C42H62N7O12P/c1-25(2)19-31(47-39(54)33(24-50)46-36(51)23-44-37(52)30(43)21-28-13-8-6-9-14-28)38(53)45-27(5)62(59,60)61-35(22-29-15-10-7-11-16-29)40(55)48-32(20-26(3)4)41(56)49-18-12-17-34(49)42(57)58/h6-11,13-16,25-27,30-35,50H,12,17-24,43H2,1-5H3,(H,44,52)(H,45,53)(H,46,51)(H,47,54)(H,48,55)(H,57,58)(H,59,60)/t27?,30-,31-,32?,33-,34?,35?/m0/s1. The van der Waals surface area contributed by atoms with Crippen LogP contribution >= 0.6 is 7.60 Å². The number of amides is 6. The van der Waals surface area contributed by atoms with Crippen LogP contribution in [0, 0.1) is 11.8 Å². The van der Waals surface area contributed by atoms with Gasteiger partial charge in [-0.3, -0.25) is 37.9 Å². The van der Waals surface area contributed by atoms with Gasteiger partial charge in [-0.05, 0) is 62.0 Å². The molecule has 62 heavy (non-hydrogen) atoms. The van der Waals surface area contributed by atoms with Gasteiger partial charge in [0.2, 0.25) is 29.5 Å². The number of carboxylic acids is 1. The lowest BCUT2D eigenvalue weighted by Gasteiger charge is -2.30. The molecule has 0 spiro atoms. The molecule has 19 nitrogen and oxygen atoms in total. The van der Waals surface area contributed by atoms with Crippen LogP contribution < -0.4 is 32.3 Å². The first-order valence-electron chi connectivity index (χ1n) is 20.7. The summed E-state index contributed by atoms with van der Waals surface area (Å²) < 4.78 is 19.5. The zero-order valence-electron chi connectivity index (χ0n) is 35.8. The summed E-state index contributed by atoms with van der Waals surface area (Å²) in [7, 11) is -4.94. The molecule has 3 rings (SSSR count). The van der Waals surface area contributed by atoms with E-state index in [9.17, 15) is 53.2 Å². The van der Waals surface area contributed by atoms with E-state index >= 15 is 0 Å². The largest absolute Gasteiger partial charge is 0.480 e. The number of aliphatic hydroxyl groups is 1. The van der Waals surface area contributed by atoms with E-state index in [2.05, 4.69) is 26.6 Å². The molecule has 6 amide bonds. The highest BCUT2D eigenvalue weighted by Crippen LogP contribution is 2.48. The molecular weight excluding hydrogens is 825 g/mol. The van der Waals surface area contributed by atoms with E-state index in [1.54, 1.807) is 68.4 Å². The number of rotatable bonds is 24. The van der Waals surface area contributed by atoms with Crippen molar-refractivity contribution in [3.05, 3.63) is 71.8 Å². The summed E-state index contributed by atoms with van der Waals surface area (Å²) in [5.41, 5.74) is 7.32. The van der Waals surface area contributed by atoms with Gasteiger partial charge in [0.1, 0.15) is 36.1 Å². The Morgan fingerprint density at radius 3 is 1.84 bits per heavy atom. The highest BCUT2D eigenvalue weighted by atomic mass is 31.2. The molecule has 10 N–H and O–H groups in total. The van der Waals surface area contributed by atoms with E-state index < -0.39 is 104 Å². The van der Waals surface area contributed by atoms with Crippen LogP contribution in [0.1, 0.15) is 71.4 Å². The molecule has 2 aromatic carbocycles. The summed E-state index contributed by atoms with van der Waals surface area (Å²) in [6.45, 7) is 7.06. The van der Waals surface area contributed by atoms with E-state index in [0.29, 0.717) is 12.0 Å². The minimum Gasteiger partial charge on any atom is -0.480 e. The zero-order valence-corrected chi connectivity index (χ0v) is 36.7. The summed E-state index contributed by atoms with van der Waals surface area (Å²) in [4.78, 5) is 104. The van der Waals surface area contributed by atoms with Crippen molar-refractivity contribution in [1.29, 1.82) is 0 Å². The maximum absolute atomic E-state index is 13.9. The summed E-state index contributed by atoms with van der Waals surface area (Å²) >= 11 is 0. The van der Waals surface area contributed by atoms with Crippen molar-refractivity contribution in [2.24, 2.45) is 17.6 Å². The molecule has 1 fully saturated rings. The fourth-order valence-corrected chi connectivity index (χ4v) is 7.79. The van der Waals surface area contributed by atoms with Gasteiger partial charge in [-0.1, -0.05) is 88.4 Å². The molecular formula is C42H62N7O12P. The van der Waals surface area contributed by atoms with Gasteiger partial charge in [0.25, 0.3) is 5.91 Å². The van der Waals surface area contributed by atoms with Gasteiger partial charge >= 0.3 is 13.6 Å². The Morgan fingerprint density at radius 1 is 0.758 bits per heavy atom. The number of carbonyl (C=O) groups excluding carboxylic acids is 6. The molecule has 0 radical (unpaired) electrons. The topological polar surface area (TPSA) is 296 Å². The van der Waals surface area contributed by atoms with Crippen LogP contribution in [-0.4, -0.2) is 123 Å². The monoisotopic (exact) mass is 887 g/mol. The minimum atomic E-state index is -4.94. The molecule has 342 valence electrons. The molecule has 0 bridgehead atoms. The maximum atomic E-state index is 13.9. The predicted octanol–water partition coefficient (Wildman–Crippen LogP) is 0.563. The number of aliphatic carboxylic acids is 1. The summed E-state index contributed by atoms with van der Waals surface area (Å²) in [5.74, 6) is -7.97. The van der Waals surface area contributed by atoms with E-state index in [4.69, 9.17) is 10.3 Å². The first kappa shape index (κ1) is 51.2. The number of benzene rings is 2. The van der Waals surface area contributed by atoms with Crippen LogP contribution in [0.25, 0.3) is 0 Å². The lowest BCUT2D eigenvalue weighted by Crippen LogP contribution is -2.57. The van der Waals surface area contributed by atoms with Crippen molar-refractivity contribution >= 4 is 49.0 Å². The number of nitrogens with zero attached hydrogens (tertiary/aromatic N) is 1. The number of carbonyl (C=O) groups is 7. The van der Waals surface area contributed by atoms with E-state index in [1.165, 1.54) is 11.8 Å². The number of hydrogen-bond acceptors (Lipinski definition) is 11. The molecule has 0 aliphatic carbocycles. The fourth-order valence-electron chi connectivity index (χ4n) is 6.79. The van der Waals surface area contributed by atoms with Crippen molar-refractivity contribution < 1.29 is 57.8 Å². The molecule has 8 atom stereocenters. The number of carboxylic acid groups (broad SMARTS) is 1. The average Bonchev–Trinajstić information content (AvgIpc) is 3.72. The van der Waals surface area contributed by atoms with Gasteiger partial charge in [0, 0.05) is 13.0 Å². The minimum absolute atomic E-state index is 0.0202. The van der Waals surface area contributed by atoms with Crippen molar-refractivity contribution in [2.75, 3.05) is 19.7 Å². The van der Waals surface area contributed by atoms with Gasteiger partial charge < -0.3 is 52.3 Å². The predicted molar refractivity (Wildman–Crippen MR) is 228 cm³/mol. The number of hydrogen-bond donors (Lipinski definition) is 9. The fraction of sp³-hybridized carbons (Fsp3) is 0.548. The Hall–Kier alpha value is -5.20. The van der Waals surface area contributed by atoms with Crippen LogP contribution in [0.15, 0.2) is 60.7 Å². The lowest BCUT2D eigenvalue weighted by molar-refractivity contribution is -0.149. The Labute approximate surface area is 361 Å². The van der Waals surface area contributed by atoms with Crippen molar-refractivity contribution in [3.8, 4) is 0 Å². The van der Waals surface area contributed by atoms with Crippen LogP contribution in [0.5, 0.6) is 0 Å². The normalized spacial score (nSPS) is 17.7. The molecule has 0 saturated carbocycles.